The molecule has 1 aliphatic rings. The Labute approximate surface area is 156 Å². The molecule has 140 valence electrons. The van der Waals surface area contributed by atoms with E-state index in [9.17, 15) is 0 Å². The third-order valence-corrected chi connectivity index (χ3v) is 4.78. The van der Waals surface area contributed by atoms with Crippen LogP contribution in [-0.2, 0) is 0 Å². The number of piperazine rings is 1. The van der Waals surface area contributed by atoms with Gasteiger partial charge in [-0.1, -0.05) is 26.0 Å². The molecule has 2 heterocycles. The number of hydrogen-bond acceptors (Lipinski definition) is 6. The molecule has 0 radical (unpaired) electrons. The summed E-state index contributed by atoms with van der Waals surface area (Å²) < 4.78 is 0. The Morgan fingerprint density at radius 1 is 1.00 bits per heavy atom. The predicted molar refractivity (Wildman–Crippen MR) is 108 cm³/mol. The van der Waals surface area contributed by atoms with E-state index in [4.69, 9.17) is 4.98 Å². The molecule has 1 aromatic carbocycles. The van der Waals surface area contributed by atoms with Gasteiger partial charge in [0.05, 0.1) is 6.20 Å². The molecule has 1 aliphatic heterocycles. The van der Waals surface area contributed by atoms with Crippen molar-refractivity contribution in [3.63, 3.8) is 0 Å². The maximum absolute atomic E-state index is 4.81. The van der Waals surface area contributed by atoms with Crippen LogP contribution in [0.2, 0.25) is 0 Å². The molecule has 0 amide bonds. The molecule has 2 aromatic rings. The molecule has 3 rings (SSSR count). The predicted octanol–water partition coefficient (Wildman–Crippen LogP) is 3.13. The summed E-state index contributed by atoms with van der Waals surface area (Å²) in [6.45, 7) is 12.4. The first-order chi connectivity index (χ1) is 12.7. The maximum atomic E-state index is 4.81. The Morgan fingerprint density at radius 3 is 2.35 bits per heavy atom. The summed E-state index contributed by atoms with van der Waals surface area (Å²) in [7, 11) is 0. The van der Waals surface area contributed by atoms with Crippen molar-refractivity contribution in [2.45, 2.75) is 33.6 Å². The van der Waals surface area contributed by atoms with E-state index in [1.807, 2.05) is 0 Å². The highest BCUT2D eigenvalue weighted by Crippen LogP contribution is 2.21. The van der Waals surface area contributed by atoms with E-state index in [1.54, 1.807) is 6.20 Å². The zero-order valence-electron chi connectivity index (χ0n) is 16.2. The lowest BCUT2D eigenvalue weighted by Gasteiger charge is -2.36. The fraction of sp³-hybridized carbons (Fsp3) is 0.550. The monoisotopic (exact) mass is 354 g/mol. The quantitative estimate of drug-likeness (QED) is 0.761. The zero-order valence-corrected chi connectivity index (χ0v) is 16.2. The molecule has 0 N–H and O–H groups in total. The largest absolute Gasteiger partial charge is 0.368 e. The third kappa shape index (κ3) is 4.42. The van der Waals surface area contributed by atoms with Gasteiger partial charge < -0.3 is 14.7 Å². The highest BCUT2D eigenvalue weighted by atomic mass is 15.4. The van der Waals surface area contributed by atoms with E-state index in [0.29, 0.717) is 0 Å². The van der Waals surface area contributed by atoms with E-state index in [2.05, 4.69) is 69.9 Å². The van der Waals surface area contributed by atoms with Crippen molar-refractivity contribution in [2.24, 2.45) is 0 Å². The molecule has 6 nitrogen and oxygen atoms in total. The average Bonchev–Trinajstić information content (AvgIpc) is 2.68. The van der Waals surface area contributed by atoms with Crippen LogP contribution in [0.5, 0.6) is 0 Å². The van der Waals surface area contributed by atoms with Gasteiger partial charge in [0, 0.05) is 45.0 Å². The van der Waals surface area contributed by atoms with Gasteiger partial charge in [-0.3, -0.25) is 0 Å². The summed E-state index contributed by atoms with van der Waals surface area (Å²) in [5.74, 6) is 1.70. The molecule has 0 unspecified atom stereocenters. The summed E-state index contributed by atoms with van der Waals surface area (Å²) >= 11 is 0. The number of anilines is 3. The van der Waals surface area contributed by atoms with Crippen LogP contribution in [0.1, 0.15) is 32.3 Å². The minimum atomic E-state index is 0.757. The molecule has 0 saturated carbocycles. The third-order valence-electron chi connectivity index (χ3n) is 4.78. The van der Waals surface area contributed by atoms with Crippen molar-refractivity contribution in [3.8, 4) is 0 Å². The summed E-state index contributed by atoms with van der Waals surface area (Å²) in [6.07, 6.45) is 3.97. The molecule has 0 bridgehead atoms. The molecule has 6 heteroatoms. The first kappa shape index (κ1) is 18.4. The van der Waals surface area contributed by atoms with Gasteiger partial charge in [-0.15, -0.1) is 5.10 Å². The Morgan fingerprint density at radius 2 is 1.69 bits per heavy atom. The van der Waals surface area contributed by atoms with Gasteiger partial charge in [-0.25, -0.2) is 0 Å². The van der Waals surface area contributed by atoms with Crippen LogP contribution in [0.15, 0.2) is 30.5 Å². The van der Waals surface area contributed by atoms with Crippen LogP contribution >= 0.6 is 0 Å². The highest BCUT2D eigenvalue weighted by Gasteiger charge is 2.20. The molecule has 1 aromatic heterocycles. The summed E-state index contributed by atoms with van der Waals surface area (Å²) in [6, 6.07) is 8.73. The number of rotatable bonds is 7. The van der Waals surface area contributed by atoms with E-state index >= 15 is 0 Å². The number of aryl methyl sites for hydroxylation is 1. The fourth-order valence-corrected chi connectivity index (χ4v) is 3.44. The molecular formula is C20H30N6. The van der Waals surface area contributed by atoms with Crippen LogP contribution in [0.25, 0.3) is 0 Å². The lowest BCUT2D eigenvalue weighted by atomic mass is 10.2. The Bertz CT molecular complexity index is 690. The summed E-state index contributed by atoms with van der Waals surface area (Å²) in [4.78, 5) is 11.8. The lowest BCUT2D eigenvalue weighted by Crippen LogP contribution is -2.47. The normalized spacial score (nSPS) is 14.6. The van der Waals surface area contributed by atoms with Crippen molar-refractivity contribution in [3.05, 3.63) is 36.0 Å². The standard InChI is InChI=1S/C20H30N6/c1-4-9-26(10-5-2)20-22-19(16-21-23-20)25-13-11-24(12-14-25)18-8-6-7-17(3)15-18/h6-8,15-16H,4-5,9-14H2,1-3H3. The van der Waals surface area contributed by atoms with Crippen molar-refractivity contribution in [2.75, 3.05) is 54.0 Å². The van der Waals surface area contributed by atoms with Crippen LogP contribution in [-0.4, -0.2) is 54.4 Å². The van der Waals surface area contributed by atoms with Crippen molar-refractivity contribution < 1.29 is 0 Å². The van der Waals surface area contributed by atoms with Gasteiger partial charge >= 0.3 is 0 Å². The zero-order chi connectivity index (χ0) is 18.4. The molecule has 1 saturated heterocycles. The molecule has 1 fully saturated rings. The molecule has 26 heavy (non-hydrogen) atoms. The maximum Gasteiger partial charge on any atom is 0.247 e. The van der Waals surface area contributed by atoms with Gasteiger partial charge in [0.25, 0.3) is 0 Å². The lowest BCUT2D eigenvalue weighted by molar-refractivity contribution is 0.640. The van der Waals surface area contributed by atoms with Crippen LogP contribution in [0.3, 0.4) is 0 Å². The molecule has 0 aliphatic carbocycles. The Kier molecular flexibility index (Phi) is 6.26. The van der Waals surface area contributed by atoms with Gasteiger partial charge in [-0.2, -0.15) is 10.1 Å². The second-order valence-corrected chi connectivity index (χ2v) is 6.91. The van der Waals surface area contributed by atoms with E-state index < -0.39 is 0 Å². The SMILES string of the molecule is CCCN(CCC)c1nncc(N2CCN(c3cccc(C)c3)CC2)n1. The molecule has 0 atom stereocenters. The van der Waals surface area contributed by atoms with Crippen LogP contribution < -0.4 is 14.7 Å². The molecule has 0 spiro atoms. The van der Waals surface area contributed by atoms with Crippen molar-refractivity contribution >= 4 is 17.5 Å². The van der Waals surface area contributed by atoms with E-state index in [1.165, 1.54) is 11.3 Å². The van der Waals surface area contributed by atoms with Gasteiger partial charge in [0.1, 0.15) is 0 Å². The Hall–Kier alpha value is -2.37. The minimum absolute atomic E-state index is 0.757. The topological polar surface area (TPSA) is 48.4 Å². The minimum Gasteiger partial charge on any atom is -0.368 e. The van der Waals surface area contributed by atoms with Gasteiger partial charge in [0.2, 0.25) is 5.95 Å². The number of aromatic nitrogens is 3. The fourth-order valence-electron chi connectivity index (χ4n) is 3.44. The first-order valence-corrected chi connectivity index (χ1v) is 9.72. The van der Waals surface area contributed by atoms with Crippen molar-refractivity contribution in [1.29, 1.82) is 0 Å². The second kappa shape index (κ2) is 8.83. The van der Waals surface area contributed by atoms with Gasteiger partial charge in [-0.05, 0) is 37.5 Å². The first-order valence-electron chi connectivity index (χ1n) is 9.72. The number of nitrogens with zero attached hydrogens (tertiary/aromatic N) is 6. The highest BCUT2D eigenvalue weighted by molar-refractivity contribution is 5.51. The summed E-state index contributed by atoms with van der Waals surface area (Å²) in [5, 5.41) is 8.50. The van der Waals surface area contributed by atoms with Crippen molar-refractivity contribution in [1.82, 2.24) is 15.2 Å². The van der Waals surface area contributed by atoms with Gasteiger partial charge in [0.15, 0.2) is 5.82 Å². The van der Waals surface area contributed by atoms with Crippen LogP contribution in [0.4, 0.5) is 17.5 Å². The number of benzene rings is 1. The molecular weight excluding hydrogens is 324 g/mol. The number of hydrogen-bond donors (Lipinski definition) is 0. The van der Waals surface area contributed by atoms with Crippen LogP contribution in [0, 0.1) is 6.92 Å². The Balaban J connectivity index is 1.66. The average molecular weight is 355 g/mol. The summed E-state index contributed by atoms with van der Waals surface area (Å²) in [5.41, 5.74) is 2.62. The van der Waals surface area contributed by atoms with E-state index in [-0.39, 0.29) is 0 Å². The van der Waals surface area contributed by atoms with E-state index in [0.717, 1.165) is 63.9 Å². The smallest absolute Gasteiger partial charge is 0.247 e. The second-order valence-electron chi connectivity index (χ2n) is 6.91.